The number of non-ortho nitro benzene ring substituents is 1. The maximum Gasteiger partial charge on any atom is 0.273 e. The molecule has 0 radical (unpaired) electrons. The third-order valence-electron chi connectivity index (χ3n) is 3.18. The summed E-state index contributed by atoms with van der Waals surface area (Å²) in [4.78, 5) is 22.4. The van der Waals surface area contributed by atoms with E-state index in [4.69, 9.17) is 4.74 Å². The van der Waals surface area contributed by atoms with Crippen molar-refractivity contribution in [3.8, 4) is 5.75 Å². The Labute approximate surface area is 160 Å². The van der Waals surface area contributed by atoms with E-state index in [1.54, 1.807) is 30.3 Å². The fourth-order valence-electron chi connectivity index (χ4n) is 1.96. The van der Waals surface area contributed by atoms with Gasteiger partial charge < -0.3 is 4.74 Å². The Bertz CT molecular complexity index is 945. The van der Waals surface area contributed by atoms with Crippen molar-refractivity contribution in [1.82, 2.24) is 10.2 Å². The Balaban J connectivity index is 1.59. The van der Waals surface area contributed by atoms with E-state index in [2.05, 4.69) is 31.4 Å². The molecule has 26 heavy (non-hydrogen) atoms. The molecule has 1 aromatic heterocycles. The van der Waals surface area contributed by atoms with Crippen LogP contribution in [0.2, 0.25) is 0 Å². The minimum Gasteiger partial charge on any atom is -0.486 e. The van der Waals surface area contributed by atoms with Gasteiger partial charge in [-0.2, -0.15) is 0 Å². The number of hydrogen-bond acceptors (Lipinski definition) is 7. The predicted octanol–water partition coefficient (Wildman–Crippen LogP) is 4.04. The zero-order valence-electron chi connectivity index (χ0n) is 13.1. The molecule has 2 aromatic carbocycles. The van der Waals surface area contributed by atoms with Crippen LogP contribution in [-0.2, 0) is 6.61 Å². The monoisotopic (exact) mass is 434 g/mol. The van der Waals surface area contributed by atoms with Crippen LogP contribution in [0.5, 0.6) is 5.75 Å². The Hall–Kier alpha value is -2.85. The van der Waals surface area contributed by atoms with Gasteiger partial charge in [-0.1, -0.05) is 33.3 Å². The fourth-order valence-corrected chi connectivity index (χ4v) is 2.88. The van der Waals surface area contributed by atoms with Gasteiger partial charge in [0.05, 0.1) is 11.0 Å². The van der Waals surface area contributed by atoms with Crippen LogP contribution in [0.3, 0.4) is 0 Å². The molecule has 3 aromatic rings. The molecule has 0 saturated heterocycles. The lowest BCUT2D eigenvalue weighted by Crippen LogP contribution is -2.11. The number of aromatic nitrogens is 2. The second-order valence-electron chi connectivity index (χ2n) is 5.01. The van der Waals surface area contributed by atoms with Gasteiger partial charge in [-0.05, 0) is 30.3 Å². The first-order valence-electron chi connectivity index (χ1n) is 7.28. The van der Waals surface area contributed by atoms with Crippen molar-refractivity contribution in [2.75, 3.05) is 5.32 Å². The highest BCUT2D eigenvalue weighted by atomic mass is 79.9. The van der Waals surface area contributed by atoms with Gasteiger partial charge in [-0.3, -0.25) is 20.2 Å². The highest BCUT2D eigenvalue weighted by molar-refractivity contribution is 9.10. The third kappa shape index (κ3) is 4.61. The van der Waals surface area contributed by atoms with E-state index in [1.165, 1.54) is 29.5 Å². The maximum atomic E-state index is 12.1. The van der Waals surface area contributed by atoms with Gasteiger partial charge >= 0.3 is 0 Å². The Morgan fingerprint density at radius 1 is 1.23 bits per heavy atom. The summed E-state index contributed by atoms with van der Waals surface area (Å²) in [5.41, 5.74) is 0.444. The van der Waals surface area contributed by atoms with Gasteiger partial charge in [0, 0.05) is 16.1 Å². The lowest BCUT2D eigenvalue weighted by molar-refractivity contribution is -0.384. The number of carbonyl (C=O) groups excluding carboxylic acids is 1. The number of hydrogen-bond donors (Lipinski definition) is 1. The summed E-state index contributed by atoms with van der Waals surface area (Å²) in [7, 11) is 0. The topological polar surface area (TPSA) is 107 Å². The number of benzene rings is 2. The van der Waals surface area contributed by atoms with E-state index in [1.807, 2.05) is 0 Å². The van der Waals surface area contributed by atoms with Crippen LogP contribution in [0, 0.1) is 10.1 Å². The van der Waals surface area contributed by atoms with Crippen molar-refractivity contribution in [1.29, 1.82) is 0 Å². The number of halogens is 1. The summed E-state index contributed by atoms with van der Waals surface area (Å²) in [6, 6.07) is 12.8. The SMILES string of the molecule is O=C(Nc1nnc(COc2cccc([N+](=O)[O-])c2)s1)c1ccc(Br)cc1. The Morgan fingerprint density at radius 3 is 2.73 bits per heavy atom. The molecule has 0 bridgehead atoms. The number of anilines is 1. The van der Waals surface area contributed by atoms with Gasteiger partial charge in [0.2, 0.25) is 5.13 Å². The molecule has 1 amide bonds. The minimum atomic E-state index is -0.492. The summed E-state index contributed by atoms with van der Waals surface area (Å²) >= 11 is 4.48. The highest BCUT2D eigenvalue weighted by Crippen LogP contribution is 2.22. The molecule has 0 aliphatic rings. The number of nitro groups is 1. The van der Waals surface area contributed by atoms with Crippen LogP contribution in [0.1, 0.15) is 15.4 Å². The second-order valence-corrected chi connectivity index (χ2v) is 6.98. The smallest absolute Gasteiger partial charge is 0.273 e. The first-order valence-corrected chi connectivity index (χ1v) is 8.89. The standard InChI is InChI=1S/C16H11BrN4O4S/c17-11-6-4-10(5-7-11)15(22)18-16-20-19-14(26-16)9-25-13-3-1-2-12(8-13)21(23)24/h1-8H,9H2,(H,18,20,22). The highest BCUT2D eigenvalue weighted by Gasteiger charge is 2.11. The molecule has 0 aliphatic carbocycles. The maximum absolute atomic E-state index is 12.1. The second kappa shape index (κ2) is 8.02. The van der Waals surface area contributed by atoms with Gasteiger partial charge in [-0.15, -0.1) is 10.2 Å². The van der Waals surface area contributed by atoms with Crippen molar-refractivity contribution in [3.05, 3.63) is 73.7 Å². The normalized spacial score (nSPS) is 10.3. The van der Waals surface area contributed by atoms with Crippen molar-refractivity contribution >= 4 is 44.0 Å². The Morgan fingerprint density at radius 2 is 2.00 bits per heavy atom. The van der Waals surface area contributed by atoms with E-state index in [-0.39, 0.29) is 18.2 Å². The molecule has 0 saturated carbocycles. The van der Waals surface area contributed by atoms with Gasteiger partial charge in [-0.25, -0.2) is 0 Å². The number of nitrogens with zero attached hydrogens (tertiary/aromatic N) is 3. The lowest BCUT2D eigenvalue weighted by atomic mass is 10.2. The van der Waals surface area contributed by atoms with Crippen molar-refractivity contribution in [2.45, 2.75) is 6.61 Å². The molecule has 0 unspecified atom stereocenters. The van der Waals surface area contributed by atoms with Gasteiger partial charge in [0.25, 0.3) is 11.6 Å². The van der Waals surface area contributed by atoms with E-state index >= 15 is 0 Å². The number of rotatable bonds is 6. The lowest BCUT2D eigenvalue weighted by Gasteiger charge is -2.03. The summed E-state index contributed by atoms with van der Waals surface area (Å²) in [6.45, 7) is 0.0903. The van der Waals surface area contributed by atoms with Crippen molar-refractivity contribution in [3.63, 3.8) is 0 Å². The van der Waals surface area contributed by atoms with Crippen LogP contribution in [-0.4, -0.2) is 21.0 Å². The largest absolute Gasteiger partial charge is 0.486 e. The van der Waals surface area contributed by atoms with Crippen LogP contribution in [0.15, 0.2) is 53.0 Å². The molecule has 10 heteroatoms. The zero-order valence-corrected chi connectivity index (χ0v) is 15.5. The zero-order chi connectivity index (χ0) is 18.5. The molecule has 3 rings (SSSR count). The van der Waals surface area contributed by atoms with E-state index in [0.717, 1.165) is 4.47 Å². The van der Waals surface area contributed by atoms with E-state index in [9.17, 15) is 14.9 Å². The van der Waals surface area contributed by atoms with Crippen LogP contribution in [0.25, 0.3) is 0 Å². The molecule has 0 fully saturated rings. The van der Waals surface area contributed by atoms with Gasteiger partial charge in [0.15, 0.2) is 5.01 Å². The summed E-state index contributed by atoms with van der Waals surface area (Å²) in [6.07, 6.45) is 0. The van der Waals surface area contributed by atoms with E-state index < -0.39 is 4.92 Å². The molecule has 0 spiro atoms. The number of amides is 1. The summed E-state index contributed by atoms with van der Waals surface area (Å²) in [5, 5.41) is 22.1. The predicted molar refractivity (Wildman–Crippen MR) is 99.4 cm³/mol. The molecular weight excluding hydrogens is 424 g/mol. The molecule has 1 heterocycles. The Kier molecular flexibility index (Phi) is 5.54. The number of nitro benzene ring substituents is 1. The quantitative estimate of drug-likeness (QED) is 0.463. The average Bonchev–Trinajstić information content (AvgIpc) is 3.08. The van der Waals surface area contributed by atoms with Crippen LogP contribution >= 0.6 is 27.3 Å². The number of ether oxygens (including phenoxy) is 1. The molecule has 132 valence electrons. The molecule has 0 aliphatic heterocycles. The van der Waals surface area contributed by atoms with E-state index in [0.29, 0.717) is 21.5 Å². The summed E-state index contributed by atoms with van der Waals surface area (Å²) in [5.74, 6) is 0.0645. The van der Waals surface area contributed by atoms with Crippen molar-refractivity contribution in [2.24, 2.45) is 0 Å². The summed E-state index contributed by atoms with van der Waals surface area (Å²) < 4.78 is 6.36. The molecule has 0 atom stereocenters. The molecular formula is C16H11BrN4O4S. The van der Waals surface area contributed by atoms with Crippen LogP contribution < -0.4 is 10.1 Å². The number of carbonyl (C=O) groups is 1. The van der Waals surface area contributed by atoms with Gasteiger partial charge in [0.1, 0.15) is 12.4 Å². The fraction of sp³-hybridized carbons (Fsp3) is 0.0625. The average molecular weight is 435 g/mol. The molecule has 1 N–H and O–H groups in total. The number of nitrogens with one attached hydrogen (secondary N) is 1. The third-order valence-corrected chi connectivity index (χ3v) is 4.53. The molecule has 8 nitrogen and oxygen atoms in total. The minimum absolute atomic E-state index is 0.0535. The van der Waals surface area contributed by atoms with Crippen molar-refractivity contribution < 1.29 is 14.5 Å². The van der Waals surface area contributed by atoms with Crippen LogP contribution in [0.4, 0.5) is 10.8 Å². The first kappa shape index (κ1) is 18.0. The first-order chi connectivity index (χ1) is 12.5.